The molecule has 0 atom stereocenters. The van der Waals surface area contributed by atoms with Gasteiger partial charge in [0.2, 0.25) is 0 Å². The van der Waals surface area contributed by atoms with E-state index in [9.17, 15) is 4.79 Å². The first-order valence-corrected chi connectivity index (χ1v) is 9.90. The van der Waals surface area contributed by atoms with Gasteiger partial charge in [-0.1, -0.05) is 18.2 Å². The summed E-state index contributed by atoms with van der Waals surface area (Å²) in [7, 11) is 1.61. The first kappa shape index (κ1) is 18.2. The number of rotatable bonds is 5. The second kappa shape index (κ2) is 7.51. The third-order valence-corrected chi connectivity index (χ3v) is 5.30. The summed E-state index contributed by atoms with van der Waals surface area (Å²) in [4.78, 5) is 17.9. The Kier molecular flexibility index (Phi) is 4.55. The highest BCUT2D eigenvalue weighted by atomic mass is 16.5. The minimum absolute atomic E-state index is 0.265. The second-order valence-electron chi connectivity index (χ2n) is 7.22. The Morgan fingerprint density at radius 1 is 1.03 bits per heavy atom. The van der Waals surface area contributed by atoms with E-state index in [2.05, 4.69) is 15.6 Å². The lowest BCUT2D eigenvalue weighted by Gasteiger charge is -2.08. The fourth-order valence-corrected chi connectivity index (χ4v) is 3.81. The number of methoxy groups -OCH3 is 1. The molecule has 0 bridgehead atoms. The number of nitrogens with one attached hydrogen (secondary N) is 2. The monoisotopic (exact) mass is 399 g/mol. The summed E-state index contributed by atoms with van der Waals surface area (Å²) in [6, 6.07) is 16.9. The largest absolute Gasteiger partial charge is 0.497 e. The Bertz CT molecular complexity index is 1220. The van der Waals surface area contributed by atoms with Crippen LogP contribution in [0, 0.1) is 0 Å². The normalized spacial score (nSPS) is 12.6. The van der Waals surface area contributed by atoms with E-state index in [0.717, 1.165) is 36.4 Å². The Labute approximate surface area is 173 Å². The number of para-hydroxylation sites is 1. The minimum Gasteiger partial charge on any atom is -0.497 e. The van der Waals surface area contributed by atoms with Crippen molar-refractivity contribution >= 4 is 28.7 Å². The van der Waals surface area contributed by atoms with Gasteiger partial charge in [-0.15, -0.1) is 5.10 Å². The van der Waals surface area contributed by atoms with E-state index in [4.69, 9.17) is 9.84 Å². The van der Waals surface area contributed by atoms with Crippen molar-refractivity contribution in [1.29, 1.82) is 0 Å². The summed E-state index contributed by atoms with van der Waals surface area (Å²) in [6.07, 6.45) is 4.87. The van der Waals surface area contributed by atoms with Gasteiger partial charge in [-0.05, 0) is 61.2 Å². The van der Waals surface area contributed by atoms with Gasteiger partial charge in [-0.25, -0.2) is 9.50 Å². The van der Waals surface area contributed by atoms with E-state index < -0.39 is 0 Å². The molecule has 4 aromatic rings. The van der Waals surface area contributed by atoms with Crippen LogP contribution in [0.4, 0.5) is 17.2 Å². The number of amides is 1. The van der Waals surface area contributed by atoms with Crippen molar-refractivity contribution in [2.24, 2.45) is 0 Å². The smallest absolute Gasteiger partial charge is 0.263 e. The fourth-order valence-electron chi connectivity index (χ4n) is 3.81. The van der Waals surface area contributed by atoms with Crippen LogP contribution in [0.2, 0.25) is 0 Å². The fraction of sp³-hybridized carbons (Fsp3) is 0.174. The Balaban J connectivity index is 1.57. The number of nitrogens with zero attached hydrogens (tertiary/aromatic N) is 3. The van der Waals surface area contributed by atoms with Crippen molar-refractivity contribution in [3.8, 4) is 5.75 Å². The lowest BCUT2D eigenvalue weighted by Crippen LogP contribution is -2.14. The number of aryl methyl sites for hydroxylation is 2. The third-order valence-electron chi connectivity index (χ3n) is 5.30. The highest BCUT2D eigenvalue weighted by molar-refractivity contribution is 6.12. The molecular formula is C23H21N5O2. The molecule has 0 radical (unpaired) electrons. The maximum atomic E-state index is 13.3. The summed E-state index contributed by atoms with van der Waals surface area (Å²) >= 11 is 0. The van der Waals surface area contributed by atoms with Gasteiger partial charge in [0.15, 0.2) is 11.5 Å². The third kappa shape index (κ3) is 3.24. The van der Waals surface area contributed by atoms with Gasteiger partial charge in [-0.3, -0.25) is 4.79 Å². The van der Waals surface area contributed by atoms with Crippen LogP contribution in [0.5, 0.6) is 5.75 Å². The summed E-state index contributed by atoms with van der Waals surface area (Å²) < 4.78 is 7.00. The molecule has 5 rings (SSSR count). The van der Waals surface area contributed by atoms with Crippen LogP contribution in [0.25, 0.3) is 5.65 Å². The molecule has 150 valence electrons. The molecule has 2 aromatic heterocycles. The molecular weight excluding hydrogens is 378 g/mol. The number of carbonyl (C=O) groups excluding carboxylic acids is 1. The number of benzene rings is 2. The molecule has 0 aliphatic heterocycles. The minimum atomic E-state index is -0.265. The van der Waals surface area contributed by atoms with Crippen molar-refractivity contribution in [2.45, 2.75) is 19.3 Å². The molecule has 2 heterocycles. The molecule has 0 fully saturated rings. The van der Waals surface area contributed by atoms with Crippen LogP contribution in [-0.4, -0.2) is 27.6 Å². The number of carbonyl (C=O) groups is 1. The summed E-state index contributed by atoms with van der Waals surface area (Å²) in [5.41, 5.74) is 4.82. The molecule has 2 aromatic carbocycles. The molecule has 0 spiro atoms. The molecule has 7 heteroatoms. The first-order chi connectivity index (χ1) is 14.7. The highest BCUT2D eigenvalue weighted by Gasteiger charge is 2.25. The van der Waals surface area contributed by atoms with Gasteiger partial charge < -0.3 is 15.4 Å². The van der Waals surface area contributed by atoms with Crippen LogP contribution < -0.4 is 15.4 Å². The Hall–Kier alpha value is -3.87. The summed E-state index contributed by atoms with van der Waals surface area (Å²) in [5, 5.41) is 11.0. The number of fused-ring (bicyclic) bond motifs is 3. The number of aromatic nitrogens is 3. The molecule has 2 N–H and O–H groups in total. The lowest BCUT2D eigenvalue weighted by atomic mass is 10.2. The van der Waals surface area contributed by atoms with E-state index in [1.807, 2.05) is 41.0 Å². The Morgan fingerprint density at radius 3 is 2.60 bits per heavy atom. The predicted octanol–water partition coefficient (Wildman–Crippen LogP) is 4.22. The predicted molar refractivity (Wildman–Crippen MR) is 116 cm³/mol. The zero-order valence-corrected chi connectivity index (χ0v) is 16.6. The Morgan fingerprint density at radius 2 is 1.83 bits per heavy atom. The van der Waals surface area contributed by atoms with Crippen LogP contribution in [0.3, 0.4) is 0 Å². The number of ether oxygens (including phenoxy) is 1. The van der Waals surface area contributed by atoms with Crippen molar-refractivity contribution < 1.29 is 9.53 Å². The van der Waals surface area contributed by atoms with Crippen molar-refractivity contribution in [2.75, 3.05) is 17.7 Å². The first-order valence-electron chi connectivity index (χ1n) is 9.90. The quantitative estimate of drug-likeness (QED) is 0.525. The van der Waals surface area contributed by atoms with E-state index in [-0.39, 0.29) is 5.91 Å². The van der Waals surface area contributed by atoms with E-state index in [1.165, 1.54) is 5.56 Å². The number of hydrogen-bond acceptors (Lipinski definition) is 5. The van der Waals surface area contributed by atoms with Crippen LogP contribution >= 0.6 is 0 Å². The zero-order valence-electron chi connectivity index (χ0n) is 16.6. The second-order valence-corrected chi connectivity index (χ2v) is 7.22. The average Bonchev–Trinajstić information content (AvgIpc) is 3.39. The molecule has 7 nitrogen and oxygen atoms in total. The summed E-state index contributed by atoms with van der Waals surface area (Å²) in [6.45, 7) is 0. The SMILES string of the molecule is COc1ccc(NC(=O)c2c(Nc3ccccc3)nn3c4c(cnc23)CCC4)cc1. The highest BCUT2D eigenvalue weighted by Crippen LogP contribution is 2.29. The molecule has 1 aliphatic carbocycles. The zero-order chi connectivity index (χ0) is 20.5. The maximum Gasteiger partial charge on any atom is 0.263 e. The number of anilines is 3. The maximum absolute atomic E-state index is 13.3. The van der Waals surface area contributed by atoms with E-state index in [0.29, 0.717) is 22.7 Å². The van der Waals surface area contributed by atoms with Crippen molar-refractivity contribution in [3.63, 3.8) is 0 Å². The van der Waals surface area contributed by atoms with Gasteiger partial charge in [0, 0.05) is 23.3 Å². The molecule has 0 saturated carbocycles. The van der Waals surface area contributed by atoms with Crippen LogP contribution in [-0.2, 0) is 12.8 Å². The van der Waals surface area contributed by atoms with Gasteiger partial charge >= 0.3 is 0 Å². The number of hydrogen-bond donors (Lipinski definition) is 2. The van der Waals surface area contributed by atoms with E-state index >= 15 is 0 Å². The topological polar surface area (TPSA) is 80.5 Å². The molecule has 30 heavy (non-hydrogen) atoms. The van der Waals surface area contributed by atoms with E-state index in [1.54, 1.807) is 31.4 Å². The van der Waals surface area contributed by atoms with Crippen molar-refractivity contribution in [3.05, 3.63) is 77.6 Å². The lowest BCUT2D eigenvalue weighted by molar-refractivity contribution is 0.102. The van der Waals surface area contributed by atoms with Crippen LogP contribution in [0.15, 0.2) is 60.8 Å². The molecule has 0 unspecified atom stereocenters. The average molecular weight is 399 g/mol. The molecule has 1 amide bonds. The standard InChI is InChI=1S/C23H21N5O2/c1-30-18-12-10-17(11-13-18)26-23(29)20-21(25-16-7-3-2-4-8-16)27-28-19-9-5-6-15(19)14-24-22(20)28/h2-4,7-8,10-14H,5-6,9H2,1H3,(H,25,27)(H,26,29). The molecule has 0 saturated heterocycles. The van der Waals surface area contributed by atoms with Crippen LogP contribution in [0.1, 0.15) is 28.0 Å². The summed E-state index contributed by atoms with van der Waals surface area (Å²) in [5.74, 6) is 0.951. The van der Waals surface area contributed by atoms with Crippen molar-refractivity contribution in [1.82, 2.24) is 14.6 Å². The van der Waals surface area contributed by atoms with Gasteiger partial charge in [0.1, 0.15) is 11.3 Å². The van der Waals surface area contributed by atoms with Gasteiger partial charge in [0.25, 0.3) is 5.91 Å². The van der Waals surface area contributed by atoms with Gasteiger partial charge in [0.05, 0.1) is 7.11 Å². The molecule has 1 aliphatic rings. The van der Waals surface area contributed by atoms with Gasteiger partial charge in [-0.2, -0.15) is 0 Å².